The van der Waals surface area contributed by atoms with Gasteiger partial charge in [0.25, 0.3) is 5.91 Å². The molecule has 0 spiro atoms. The Kier molecular flexibility index (Phi) is 9.17. The average molecular weight is 518 g/mol. The van der Waals surface area contributed by atoms with Gasteiger partial charge in [-0.3, -0.25) is 4.79 Å². The first-order valence-electron chi connectivity index (χ1n) is 12.5. The second-order valence-electron chi connectivity index (χ2n) is 10.3. The lowest BCUT2D eigenvalue weighted by atomic mass is 9.84. The Bertz CT molecular complexity index is 1060. The molecule has 2 aliphatic heterocycles. The molecule has 8 heteroatoms. The van der Waals surface area contributed by atoms with Crippen molar-refractivity contribution >= 4 is 23.6 Å². The summed E-state index contributed by atoms with van der Waals surface area (Å²) in [6.45, 7) is 8.25. The van der Waals surface area contributed by atoms with Crippen molar-refractivity contribution in [2.75, 3.05) is 12.0 Å². The van der Waals surface area contributed by atoms with E-state index in [9.17, 15) is 24.9 Å². The van der Waals surface area contributed by atoms with E-state index in [0.717, 1.165) is 19.3 Å². The van der Waals surface area contributed by atoms with Crippen LogP contribution in [0.4, 0.5) is 0 Å². The molecule has 0 saturated heterocycles. The van der Waals surface area contributed by atoms with Gasteiger partial charge in [0.2, 0.25) is 0 Å². The van der Waals surface area contributed by atoms with Gasteiger partial charge in [-0.15, -0.1) is 0 Å². The Morgan fingerprint density at radius 1 is 1.28 bits per heavy atom. The van der Waals surface area contributed by atoms with Gasteiger partial charge in [0, 0.05) is 17.5 Å². The number of phenolic OH excluding ortho intramolecular Hbond substituents is 1. The van der Waals surface area contributed by atoms with Gasteiger partial charge < -0.3 is 25.0 Å². The van der Waals surface area contributed by atoms with Crippen LogP contribution >= 0.6 is 11.8 Å². The highest BCUT2D eigenvalue weighted by atomic mass is 32.2. The Hall–Kier alpha value is -2.45. The molecule has 1 amide bonds. The van der Waals surface area contributed by atoms with Crippen LogP contribution in [-0.4, -0.2) is 61.9 Å². The molecule has 0 unspecified atom stereocenters. The van der Waals surface area contributed by atoms with Crippen LogP contribution in [0.1, 0.15) is 81.3 Å². The van der Waals surface area contributed by atoms with Crippen molar-refractivity contribution in [3.8, 4) is 11.5 Å². The third-order valence-electron chi connectivity index (χ3n) is 7.20. The maximum Gasteiger partial charge on any atom is 0.326 e. The second-order valence-corrected chi connectivity index (χ2v) is 11.3. The highest BCUT2D eigenvalue weighted by molar-refractivity contribution is 7.98. The number of aromatic hydroxyl groups is 1. The van der Waals surface area contributed by atoms with E-state index >= 15 is 0 Å². The quantitative estimate of drug-likeness (QED) is 0.351. The van der Waals surface area contributed by atoms with E-state index in [1.54, 1.807) is 0 Å². The molecule has 0 bridgehead atoms. The number of hydrogen-bond donors (Lipinski definition) is 3. The summed E-state index contributed by atoms with van der Waals surface area (Å²) in [5.41, 5.74) is 3.03. The van der Waals surface area contributed by atoms with Crippen LogP contribution in [-0.2, 0) is 17.8 Å². The van der Waals surface area contributed by atoms with Crippen LogP contribution in [0.5, 0.6) is 11.5 Å². The van der Waals surface area contributed by atoms with Crippen LogP contribution in [0, 0.1) is 0 Å². The van der Waals surface area contributed by atoms with Gasteiger partial charge in [0.1, 0.15) is 23.1 Å². The number of aliphatic carboxylic acids is 1. The summed E-state index contributed by atoms with van der Waals surface area (Å²) in [6.07, 6.45) is 9.29. The first-order valence-corrected chi connectivity index (χ1v) is 13.9. The molecule has 0 aliphatic carbocycles. The SMILES string of the molecule is CSCC[C@@H](C(=O)O)N1Cc2c(cc(O)c3c2O[C@@](C)(CCC=C(C)CCC=C(C)C)[C@@H](O)C3)C1=O. The molecule has 3 N–H and O–H groups in total. The number of aliphatic hydroxyl groups is 1. The lowest BCUT2D eigenvalue weighted by Gasteiger charge is -2.41. The number of carboxylic acid groups (broad SMARTS) is 1. The van der Waals surface area contributed by atoms with Crippen LogP contribution in [0.15, 0.2) is 29.4 Å². The van der Waals surface area contributed by atoms with Gasteiger partial charge in [-0.2, -0.15) is 11.8 Å². The first kappa shape index (κ1) is 28.1. The molecular weight excluding hydrogens is 478 g/mol. The summed E-state index contributed by atoms with van der Waals surface area (Å²) in [4.78, 5) is 26.5. The molecule has 1 aromatic carbocycles. The number of carbonyl (C=O) groups excluding carboxylic acids is 1. The summed E-state index contributed by atoms with van der Waals surface area (Å²) in [6, 6.07) is 0.441. The first-order chi connectivity index (χ1) is 17.0. The molecule has 2 aliphatic rings. The highest BCUT2D eigenvalue weighted by Crippen LogP contribution is 2.46. The largest absolute Gasteiger partial charge is 0.508 e. The normalized spacial score (nSPS) is 22.1. The Morgan fingerprint density at radius 3 is 2.64 bits per heavy atom. The van der Waals surface area contributed by atoms with Crippen molar-refractivity contribution in [3.05, 3.63) is 46.1 Å². The van der Waals surface area contributed by atoms with Crippen molar-refractivity contribution in [3.63, 3.8) is 0 Å². The van der Waals surface area contributed by atoms with Crippen molar-refractivity contribution in [2.45, 2.75) is 90.5 Å². The molecule has 7 nitrogen and oxygen atoms in total. The maximum absolute atomic E-state index is 13.2. The van der Waals surface area contributed by atoms with E-state index in [1.165, 1.54) is 33.9 Å². The average Bonchev–Trinajstić information content (AvgIpc) is 3.11. The number of rotatable bonds is 11. The monoisotopic (exact) mass is 517 g/mol. The molecule has 0 aromatic heterocycles. The summed E-state index contributed by atoms with van der Waals surface area (Å²) in [5.74, 6) is -0.542. The molecule has 3 atom stereocenters. The zero-order valence-corrected chi connectivity index (χ0v) is 22.8. The second kappa shape index (κ2) is 11.7. The summed E-state index contributed by atoms with van der Waals surface area (Å²) >= 11 is 1.53. The summed E-state index contributed by atoms with van der Waals surface area (Å²) < 4.78 is 6.39. The minimum absolute atomic E-state index is 0.106. The van der Waals surface area contributed by atoms with Crippen molar-refractivity contribution in [1.82, 2.24) is 4.90 Å². The van der Waals surface area contributed by atoms with Crippen molar-refractivity contribution in [1.29, 1.82) is 0 Å². The molecule has 0 radical (unpaired) electrons. The summed E-state index contributed by atoms with van der Waals surface area (Å²) in [5, 5.41) is 31.4. The number of thioether (sulfide) groups is 1. The zero-order valence-electron chi connectivity index (χ0n) is 22.0. The Labute approximate surface area is 218 Å². The van der Waals surface area contributed by atoms with E-state index < -0.39 is 29.6 Å². The van der Waals surface area contributed by atoms with Crippen molar-refractivity contribution < 1.29 is 29.6 Å². The topological polar surface area (TPSA) is 107 Å². The number of carbonyl (C=O) groups is 2. The standard InChI is InChI=1S/C28H39NO6S/c1-17(2)8-6-9-18(3)10-7-12-28(4)24(31)15-20-23(30)14-19-21(25(20)35-28)16-29(26(19)32)22(27(33)34)11-13-36-5/h8,10,14,22,24,30-31H,6-7,9,11-13,15-16H2,1-5H3,(H,33,34)/t22-,24-,28-/m0/s1. The number of benzene rings is 1. The van der Waals surface area contributed by atoms with Crippen LogP contribution in [0.2, 0.25) is 0 Å². The molecule has 198 valence electrons. The molecule has 3 rings (SSSR count). The van der Waals surface area contributed by atoms with E-state index in [2.05, 4.69) is 32.9 Å². The fraction of sp³-hybridized carbons (Fsp3) is 0.571. The fourth-order valence-corrected chi connectivity index (χ4v) is 5.37. The Balaban J connectivity index is 1.82. The highest BCUT2D eigenvalue weighted by Gasteiger charge is 2.45. The number of amides is 1. The third-order valence-corrected chi connectivity index (χ3v) is 7.85. The molecule has 2 heterocycles. The predicted octanol–water partition coefficient (Wildman–Crippen LogP) is 5.08. The molecule has 36 heavy (non-hydrogen) atoms. The van der Waals surface area contributed by atoms with E-state index in [1.807, 2.05) is 13.2 Å². The number of fused-ring (bicyclic) bond motifs is 3. The number of ether oxygens (including phenoxy) is 1. The predicted molar refractivity (Wildman–Crippen MR) is 143 cm³/mol. The van der Waals surface area contributed by atoms with Crippen LogP contribution in [0.25, 0.3) is 0 Å². The minimum atomic E-state index is -1.05. The number of aliphatic hydroxyl groups excluding tert-OH is 1. The van der Waals surface area contributed by atoms with Gasteiger partial charge in [-0.1, -0.05) is 23.3 Å². The van der Waals surface area contributed by atoms with Gasteiger partial charge in [-0.05, 0) is 77.9 Å². The number of hydrogen-bond acceptors (Lipinski definition) is 6. The Morgan fingerprint density at radius 2 is 2.00 bits per heavy atom. The van der Waals surface area contributed by atoms with E-state index in [-0.39, 0.29) is 24.3 Å². The summed E-state index contributed by atoms with van der Waals surface area (Å²) in [7, 11) is 0. The number of phenols is 1. The number of carboxylic acids is 1. The van der Waals surface area contributed by atoms with Gasteiger partial charge in [0.15, 0.2) is 0 Å². The number of nitrogens with zero attached hydrogens (tertiary/aromatic N) is 1. The lowest BCUT2D eigenvalue weighted by Crippen LogP contribution is -2.49. The fourth-order valence-electron chi connectivity index (χ4n) is 4.91. The molecule has 0 fully saturated rings. The maximum atomic E-state index is 13.2. The lowest BCUT2D eigenvalue weighted by molar-refractivity contribution is -0.142. The van der Waals surface area contributed by atoms with Gasteiger partial charge in [-0.25, -0.2) is 4.79 Å². The van der Waals surface area contributed by atoms with Crippen LogP contribution < -0.4 is 4.74 Å². The minimum Gasteiger partial charge on any atom is -0.508 e. The van der Waals surface area contributed by atoms with Crippen molar-refractivity contribution in [2.24, 2.45) is 0 Å². The molecule has 1 aromatic rings. The number of allylic oxidation sites excluding steroid dienone is 4. The van der Waals surface area contributed by atoms with Gasteiger partial charge >= 0.3 is 5.97 Å². The zero-order chi connectivity index (χ0) is 26.6. The van der Waals surface area contributed by atoms with Crippen LogP contribution in [0.3, 0.4) is 0 Å². The molecular formula is C28H39NO6S. The van der Waals surface area contributed by atoms with E-state index in [0.29, 0.717) is 35.5 Å². The molecule has 0 saturated carbocycles. The van der Waals surface area contributed by atoms with E-state index in [4.69, 9.17) is 4.74 Å². The smallest absolute Gasteiger partial charge is 0.326 e. The van der Waals surface area contributed by atoms with Gasteiger partial charge in [0.05, 0.1) is 18.2 Å². The third kappa shape index (κ3) is 6.09.